The van der Waals surface area contributed by atoms with E-state index in [2.05, 4.69) is 20.7 Å². The van der Waals surface area contributed by atoms with E-state index in [-0.39, 0.29) is 6.04 Å². The maximum absolute atomic E-state index is 6.00. The first-order valence-electron chi connectivity index (χ1n) is 4.62. The third kappa shape index (κ3) is 2.39. The summed E-state index contributed by atoms with van der Waals surface area (Å²) in [6.45, 7) is 4.09. The van der Waals surface area contributed by atoms with Crippen LogP contribution >= 0.6 is 23.1 Å². The largest absolute Gasteiger partial charge is 0.322 e. The minimum atomic E-state index is -0.0892. The Morgan fingerprint density at radius 3 is 2.80 bits per heavy atom. The molecule has 80 valence electrons. The van der Waals surface area contributed by atoms with E-state index in [1.54, 1.807) is 17.5 Å². The van der Waals surface area contributed by atoms with Crippen molar-refractivity contribution < 1.29 is 0 Å². The smallest absolute Gasteiger partial charge is 0.0950 e. The molecule has 0 aliphatic carbocycles. The summed E-state index contributed by atoms with van der Waals surface area (Å²) in [6, 6.07) is -0.0892. The molecule has 2 aromatic rings. The van der Waals surface area contributed by atoms with Crippen LogP contribution in [0, 0.1) is 13.8 Å². The number of nitrogens with zero attached hydrogens (tertiary/aromatic N) is 3. The van der Waals surface area contributed by atoms with Crippen molar-refractivity contribution in [1.82, 2.24) is 13.7 Å². The van der Waals surface area contributed by atoms with Crippen LogP contribution in [0.5, 0.6) is 0 Å². The predicted octanol–water partition coefficient (Wildman–Crippen LogP) is 1.85. The Bertz CT molecular complexity index is 415. The van der Waals surface area contributed by atoms with Gasteiger partial charge in [0.2, 0.25) is 0 Å². The molecule has 1 unspecified atom stereocenters. The molecule has 0 saturated carbocycles. The highest BCUT2D eigenvalue weighted by Gasteiger charge is 2.13. The Morgan fingerprint density at radius 2 is 2.27 bits per heavy atom. The Labute approximate surface area is 96.5 Å². The lowest BCUT2D eigenvalue weighted by Crippen LogP contribution is -2.13. The molecule has 0 aliphatic rings. The summed E-state index contributed by atoms with van der Waals surface area (Å²) < 4.78 is 8.07. The molecule has 2 heterocycles. The van der Waals surface area contributed by atoms with Crippen LogP contribution in [0.4, 0.5) is 0 Å². The molecule has 2 rings (SSSR count). The molecule has 1 atom stereocenters. The highest BCUT2D eigenvalue weighted by molar-refractivity contribution is 7.11. The fraction of sp³-hybridized carbons (Fsp3) is 0.444. The Balaban J connectivity index is 2.09. The maximum Gasteiger partial charge on any atom is 0.0950 e. The summed E-state index contributed by atoms with van der Waals surface area (Å²) in [5, 5.41) is 1.07. The average molecular weight is 240 g/mol. The molecular formula is C9H12N4S2. The van der Waals surface area contributed by atoms with Gasteiger partial charge >= 0.3 is 0 Å². The summed E-state index contributed by atoms with van der Waals surface area (Å²) in [6.07, 6.45) is 2.47. The van der Waals surface area contributed by atoms with Gasteiger partial charge in [0.05, 0.1) is 40.4 Å². The Kier molecular flexibility index (Phi) is 3.08. The SMILES string of the molecule is Cc1nc(CC(N)c2cnsn2)sc1C. The van der Waals surface area contributed by atoms with Crippen LogP contribution in [0.15, 0.2) is 6.20 Å². The fourth-order valence-electron chi connectivity index (χ4n) is 1.25. The van der Waals surface area contributed by atoms with E-state index in [0.29, 0.717) is 0 Å². The van der Waals surface area contributed by atoms with E-state index < -0.39 is 0 Å². The molecule has 15 heavy (non-hydrogen) atoms. The highest BCUT2D eigenvalue weighted by atomic mass is 32.1. The van der Waals surface area contributed by atoms with Crippen molar-refractivity contribution in [3.05, 3.63) is 27.5 Å². The average Bonchev–Trinajstić information content (AvgIpc) is 2.77. The fourth-order valence-corrected chi connectivity index (χ4v) is 2.73. The van der Waals surface area contributed by atoms with E-state index in [1.807, 2.05) is 6.92 Å². The predicted molar refractivity (Wildman–Crippen MR) is 62.1 cm³/mol. The van der Waals surface area contributed by atoms with Gasteiger partial charge in [-0.05, 0) is 13.8 Å². The Hall–Kier alpha value is -0.850. The molecule has 0 fully saturated rings. The first-order chi connectivity index (χ1) is 7.16. The van der Waals surface area contributed by atoms with Gasteiger partial charge in [-0.3, -0.25) is 0 Å². The number of hydrogen-bond donors (Lipinski definition) is 1. The zero-order chi connectivity index (χ0) is 10.8. The van der Waals surface area contributed by atoms with Crippen molar-refractivity contribution in [1.29, 1.82) is 0 Å². The van der Waals surface area contributed by atoms with Gasteiger partial charge < -0.3 is 5.73 Å². The van der Waals surface area contributed by atoms with Crippen molar-refractivity contribution in [3.63, 3.8) is 0 Å². The number of aromatic nitrogens is 3. The molecule has 0 aliphatic heterocycles. The van der Waals surface area contributed by atoms with Gasteiger partial charge in [-0.15, -0.1) is 11.3 Å². The van der Waals surface area contributed by atoms with E-state index in [1.165, 1.54) is 16.6 Å². The lowest BCUT2D eigenvalue weighted by Gasteiger charge is -2.04. The van der Waals surface area contributed by atoms with Gasteiger partial charge in [-0.1, -0.05) is 0 Å². The van der Waals surface area contributed by atoms with Crippen LogP contribution in [-0.4, -0.2) is 13.7 Å². The minimum Gasteiger partial charge on any atom is -0.322 e. The lowest BCUT2D eigenvalue weighted by molar-refractivity contribution is 0.700. The van der Waals surface area contributed by atoms with Gasteiger partial charge in [0.1, 0.15) is 0 Å². The molecule has 0 aromatic carbocycles. The summed E-state index contributed by atoms with van der Waals surface area (Å²) in [5.74, 6) is 0. The van der Waals surface area contributed by atoms with Gasteiger partial charge in [-0.25, -0.2) is 4.98 Å². The number of aryl methyl sites for hydroxylation is 2. The standard InChI is InChI=1S/C9H12N4S2/c1-5-6(2)14-9(12-5)3-7(10)8-4-11-15-13-8/h4,7H,3,10H2,1-2H3. The van der Waals surface area contributed by atoms with Gasteiger partial charge in [-0.2, -0.15) is 8.75 Å². The lowest BCUT2D eigenvalue weighted by atomic mass is 10.2. The normalized spacial score (nSPS) is 13.0. The molecule has 0 bridgehead atoms. The van der Waals surface area contributed by atoms with Crippen molar-refractivity contribution in [3.8, 4) is 0 Å². The third-order valence-corrected chi connectivity index (χ3v) is 3.81. The number of nitrogens with two attached hydrogens (primary N) is 1. The molecule has 0 radical (unpaired) electrons. The number of hydrogen-bond acceptors (Lipinski definition) is 6. The van der Waals surface area contributed by atoms with E-state index in [0.717, 1.165) is 22.8 Å². The number of rotatable bonds is 3. The van der Waals surface area contributed by atoms with Gasteiger partial charge in [0.15, 0.2) is 0 Å². The van der Waals surface area contributed by atoms with Crippen molar-refractivity contribution in [2.75, 3.05) is 0 Å². The molecule has 0 amide bonds. The van der Waals surface area contributed by atoms with Crippen molar-refractivity contribution in [2.24, 2.45) is 5.73 Å². The minimum absolute atomic E-state index is 0.0892. The zero-order valence-electron chi connectivity index (χ0n) is 8.60. The first-order valence-corrected chi connectivity index (χ1v) is 6.17. The topological polar surface area (TPSA) is 64.7 Å². The molecule has 2 aromatic heterocycles. The molecule has 4 nitrogen and oxygen atoms in total. The number of thiazole rings is 1. The first kappa shape index (κ1) is 10.7. The van der Waals surface area contributed by atoms with E-state index >= 15 is 0 Å². The van der Waals surface area contributed by atoms with Gasteiger partial charge in [0.25, 0.3) is 0 Å². The van der Waals surface area contributed by atoms with Gasteiger partial charge in [0, 0.05) is 11.3 Å². The van der Waals surface area contributed by atoms with Crippen LogP contribution in [0.25, 0.3) is 0 Å². The Morgan fingerprint density at radius 1 is 1.47 bits per heavy atom. The zero-order valence-corrected chi connectivity index (χ0v) is 10.2. The van der Waals surface area contributed by atoms with Crippen molar-refractivity contribution in [2.45, 2.75) is 26.3 Å². The molecule has 6 heteroatoms. The second-order valence-corrected chi connectivity index (χ2v) is 5.24. The maximum atomic E-state index is 6.00. The van der Waals surface area contributed by atoms with E-state index in [9.17, 15) is 0 Å². The van der Waals surface area contributed by atoms with Crippen LogP contribution < -0.4 is 5.73 Å². The van der Waals surface area contributed by atoms with Crippen LogP contribution in [0.3, 0.4) is 0 Å². The molecule has 0 spiro atoms. The monoisotopic (exact) mass is 240 g/mol. The molecule has 2 N–H and O–H groups in total. The summed E-state index contributed by atoms with van der Waals surface area (Å²) in [4.78, 5) is 5.71. The second-order valence-electron chi connectivity index (χ2n) is 3.39. The molecular weight excluding hydrogens is 228 g/mol. The quantitative estimate of drug-likeness (QED) is 0.889. The third-order valence-electron chi connectivity index (χ3n) is 2.23. The molecule has 0 saturated heterocycles. The van der Waals surface area contributed by atoms with Crippen molar-refractivity contribution >= 4 is 23.1 Å². The summed E-state index contributed by atoms with van der Waals surface area (Å²) in [5.41, 5.74) is 7.95. The second kappa shape index (κ2) is 4.34. The summed E-state index contributed by atoms with van der Waals surface area (Å²) >= 11 is 2.89. The van der Waals surface area contributed by atoms with E-state index in [4.69, 9.17) is 5.73 Å². The van der Waals surface area contributed by atoms with Crippen LogP contribution in [0.1, 0.15) is 27.3 Å². The van der Waals surface area contributed by atoms with Crippen LogP contribution in [0.2, 0.25) is 0 Å². The highest BCUT2D eigenvalue weighted by Crippen LogP contribution is 2.21. The van der Waals surface area contributed by atoms with Crippen LogP contribution in [-0.2, 0) is 6.42 Å². The summed E-state index contributed by atoms with van der Waals surface area (Å²) in [7, 11) is 0.